The maximum atomic E-state index is 11.7. The molecule has 0 saturated heterocycles. The van der Waals surface area contributed by atoms with Gasteiger partial charge in [-0.15, -0.1) is 0 Å². The molecule has 2 rings (SSSR count). The van der Waals surface area contributed by atoms with Gasteiger partial charge in [-0.3, -0.25) is 14.7 Å². The van der Waals surface area contributed by atoms with E-state index in [0.717, 1.165) is 18.4 Å². The lowest BCUT2D eigenvalue weighted by atomic mass is 10.2. The molecule has 0 spiro atoms. The molecule has 0 atom stereocenters. The lowest BCUT2D eigenvalue weighted by molar-refractivity contribution is -0.122. The summed E-state index contributed by atoms with van der Waals surface area (Å²) in [5, 5.41) is 12.0. The SMILES string of the molecule is O=C(CN(CCO)Cc1cccnc1)NC1CC1. The number of hydrogen-bond acceptors (Lipinski definition) is 4. The number of hydrogen-bond donors (Lipinski definition) is 2. The smallest absolute Gasteiger partial charge is 0.234 e. The summed E-state index contributed by atoms with van der Waals surface area (Å²) in [6.07, 6.45) is 5.69. The molecule has 98 valence electrons. The molecular weight excluding hydrogens is 230 g/mol. The number of carbonyl (C=O) groups is 1. The van der Waals surface area contributed by atoms with Crippen molar-refractivity contribution < 1.29 is 9.90 Å². The first-order valence-corrected chi connectivity index (χ1v) is 6.29. The van der Waals surface area contributed by atoms with Gasteiger partial charge in [0.1, 0.15) is 0 Å². The summed E-state index contributed by atoms with van der Waals surface area (Å²) in [5.74, 6) is 0.0369. The van der Waals surface area contributed by atoms with Crippen molar-refractivity contribution in [1.82, 2.24) is 15.2 Å². The highest BCUT2D eigenvalue weighted by Crippen LogP contribution is 2.18. The van der Waals surface area contributed by atoms with Crippen LogP contribution in [0.15, 0.2) is 24.5 Å². The Kier molecular flexibility index (Phi) is 4.66. The van der Waals surface area contributed by atoms with Crippen LogP contribution in [0.2, 0.25) is 0 Å². The molecule has 5 nitrogen and oxygen atoms in total. The Morgan fingerprint density at radius 1 is 1.56 bits per heavy atom. The van der Waals surface area contributed by atoms with Gasteiger partial charge in [-0.2, -0.15) is 0 Å². The summed E-state index contributed by atoms with van der Waals surface area (Å²) >= 11 is 0. The predicted molar refractivity (Wildman–Crippen MR) is 67.8 cm³/mol. The Morgan fingerprint density at radius 3 is 3.00 bits per heavy atom. The monoisotopic (exact) mass is 249 g/mol. The number of amides is 1. The molecule has 0 aliphatic heterocycles. The summed E-state index contributed by atoms with van der Waals surface area (Å²) in [5.41, 5.74) is 1.05. The minimum Gasteiger partial charge on any atom is -0.395 e. The zero-order chi connectivity index (χ0) is 12.8. The summed E-state index contributed by atoms with van der Waals surface area (Å²) in [6.45, 7) is 1.50. The average molecular weight is 249 g/mol. The Hall–Kier alpha value is -1.46. The number of aliphatic hydroxyl groups excluding tert-OH is 1. The normalized spacial score (nSPS) is 14.8. The Labute approximate surface area is 107 Å². The van der Waals surface area contributed by atoms with Gasteiger partial charge >= 0.3 is 0 Å². The number of pyridine rings is 1. The van der Waals surface area contributed by atoms with Crippen LogP contribution in [0.1, 0.15) is 18.4 Å². The minimum absolute atomic E-state index is 0.0369. The van der Waals surface area contributed by atoms with Crippen LogP contribution in [0.25, 0.3) is 0 Å². The highest BCUT2D eigenvalue weighted by Gasteiger charge is 2.23. The number of aliphatic hydroxyl groups is 1. The lowest BCUT2D eigenvalue weighted by Crippen LogP contribution is -2.39. The van der Waals surface area contributed by atoms with Gasteiger partial charge in [-0.05, 0) is 24.5 Å². The van der Waals surface area contributed by atoms with E-state index in [0.29, 0.717) is 25.7 Å². The molecule has 1 saturated carbocycles. The second kappa shape index (κ2) is 6.47. The van der Waals surface area contributed by atoms with Crippen molar-refractivity contribution in [3.8, 4) is 0 Å². The quantitative estimate of drug-likeness (QED) is 0.722. The molecular formula is C13H19N3O2. The average Bonchev–Trinajstić information content (AvgIpc) is 3.14. The third kappa shape index (κ3) is 4.43. The number of rotatable bonds is 7. The summed E-state index contributed by atoms with van der Waals surface area (Å²) in [6, 6.07) is 4.22. The molecule has 5 heteroatoms. The van der Waals surface area contributed by atoms with Gasteiger partial charge in [0, 0.05) is 31.5 Å². The number of aromatic nitrogens is 1. The molecule has 1 aromatic rings. The van der Waals surface area contributed by atoms with Gasteiger partial charge in [0.2, 0.25) is 5.91 Å². The molecule has 1 amide bonds. The third-order valence-corrected chi connectivity index (χ3v) is 2.85. The molecule has 0 bridgehead atoms. The maximum absolute atomic E-state index is 11.7. The van der Waals surface area contributed by atoms with Crippen molar-refractivity contribution in [1.29, 1.82) is 0 Å². The molecule has 0 unspecified atom stereocenters. The molecule has 1 aromatic heterocycles. The lowest BCUT2D eigenvalue weighted by Gasteiger charge is -2.20. The van der Waals surface area contributed by atoms with Crippen LogP contribution in [0.4, 0.5) is 0 Å². The fourth-order valence-corrected chi connectivity index (χ4v) is 1.81. The summed E-state index contributed by atoms with van der Waals surface area (Å²) in [7, 11) is 0. The van der Waals surface area contributed by atoms with Crippen LogP contribution in [0.3, 0.4) is 0 Å². The van der Waals surface area contributed by atoms with Crippen molar-refractivity contribution in [2.24, 2.45) is 0 Å². The Bertz CT molecular complexity index is 379. The second-order valence-electron chi connectivity index (χ2n) is 4.64. The van der Waals surface area contributed by atoms with Crippen molar-refractivity contribution in [2.75, 3.05) is 19.7 Å². The van der Waals surface area contributed by atoms with Gasteiger partial charge < -0.3 is 10.4 Å². The van der Waals surface area contributed by atoms with E-state index >= 15 is 0 Å². The zero-order valence-electron chi connectivity index (χ0n) is 10.4. The molecule has 2 N–H and O–H groups in total. The number of nitrogens with one attached hydrogen (secondary N) is 1. The van der Waals surface area contributed by atoms with E-state index < -0.39 is 0 Å². The van der Waals surface area contributed by atoms with Gasteiger partial charge in [-0.1, -0.05) is 6.07 Å². The van der Waals surface area contributed by atoms with Gasteiger partial charge in [-0.25, -0.2) is 0 Å². The topological polar surface area (TPSA) is 65.5 Å². The first-order chi connectivity index (χ1) is 8.78. The van der Waals surface area contributed by atoms with Gasteiger partial charge in [0.05, 0.1) is 13.2 Å². The zero-order valence-corrected chi connectivity index (χ0v) is 10.4. The largest absolute Gasteiger partial charge is 0.395 e. The van der Waals surface area contributed by atoms with E-state index in [-0.39, 0.29) is 12.5 Å². The van der Waals surface area contributed by atoms with E-state index in [4.69, 9.17) is 5.11 Å². The predicted octanol–water partition coefficient (Wildman–Crippen LogP) is 0.154. The minimum atomic E-state index is 0.0369. The van der Waals surface area contributed by atoms with Crippen LogP contribution < -0.4 is 5.32 Å². The number of nitrogens with zero attached hydrogens (tertiary/aromatic N) is 2. The van der Waals surface area contributed by atoms with Crippen LogP contribution in [-0.2, 0) is 11.3 Å². The van der Waals surface area contributed by atoms with E-state index in [1.165, 1.54) is 0 Å². The fourth-order valence-electron chi connectivity index (χ4n) is 1.81. The van der Waals surface area contributed by atoms with E-state index in [1.54, 1.807) is 12.4 Å². The highest BCUT2D eigenvalue weighted by molar-refractivity contribution is 5.78. The second-order valence-corrected chi connectivity index (χ2v) is 4.64. The van der Waals surface area contributed by atoms with Crippen LogP contribution in [0.5, 0.6) is 0 Å². The van der Waals surface area contributed by atoms with Crippen molar-refractivity contribution in [3.63, 3.8) is 0 Å². The summed E-state index contributed by atoms with van der Waals surface area (Å²) < 4.78 is 0. The van der Waals surface area contributed by atoms with Crippen molar-refractivity contribution >= 4 is 5.91 Å². The molecule has 18 heavy (non-hydrogen) atoms. The van der Waals surface area contributed by atoms with E-state index in [9.17, 15) is 4.79 Å². The Balaban J connectivity index is 1.84. The molecule has 0 aromatic carbocycles. The Morgan fingerprint density at radius 2 is 2.39 bits per heavy atom. The molecule has 1 fully saturated rings. The van der Waals surface area contributed by atoms with Crippen LogP contribution in [-0.4, -0.2) is 46.6 Å². The molecule has 1 heterocycles. The summed E-state index contributed by atoms with van der Waals surface area (Å²) in [4.78, 5) is 17.7. The molecule has 1 aliphatic rings. The first kappa shape index (κ1) is 13.0. The van der Waals surface area contributed by atoms with Crippen molar-refractivity contribution in [3.05, 3.63) is 30.1 Å². The van der Waals surface area contributed by atoms with E-state index in [1.807, 2.05) is 17.0 Å². The molecule has 1 aliphatic carbocycles. The molecule has 0 radical (unpaired) electrons. The number of carbonyl (C=O) groups excluding carboxylic acids is 1. The fraction of sp³-hybridized carbons (Fsp3) is 0.538. The van der Waals surface area contributed by atoms with E-state index in [2.05, 4.69) is 10.3 Å². The van der Waals surface area contributed by atoms with Crippen molar-refractivity contribution in [2.45, 2.75) is 25.4 Å². The maximum Gasteiger partial charge on any atom is 0.234 e. The van der Waals surface area contributed by atoms with Gasteiger partial charge in [0.15, 0.2) is 0 Å². The standard InChI is InChI=1S/C13H19N3O2/c17-7-6-16(9-11-2-1-5-14-8-11)10-13(18)15-12-3-4-12/h1-2,5,8,12,17H,3-4,6-7,9-10H2,(H,15,18). The van der Waals surface area contributed by atoms with Gasteiger partial charge in [0.25, 0.3) is 0 Å². The van der Waals surface area contributed by atoms with Crippen LogP contribution >= 0.6 is 0 Å². The third-order valence-electron chi connectivity index (χ3n) is 2.85. The highest BCUT2D eigenvalue weighted by atomic mass is 16.3. The van der Waals surface area contributed by atoms with Crippen LogP contribution in [0, 0.1) is 0 Å². The first-order valence-electron chi connectivity index (χ1n) is 6.29.